The van der Waals surface area contributed by atoms with Crippen molar-refractivity contribution < 1.29 is 5.11 Å². The standard InChI is InChI=1S/C13H23N3O/c1-2-10-5-3-4-6-12(10)16-9-15-7-13(16)11(14)8-17/h7,9-12,17H,2-6,8,14H2,1H3. The van der Waals surface area contributed by atoms with Crippen molar-refractivity contribution in [3.8, 4) is 0 Å². The van der Waals surface area contributed by atoms with E-state index >= 15 is 0 Å². The first-order valence-electron chi connectivity index (χ1n) is 6.66. The molecule has 0 aliphatic heterocycles. The molecule has 0 saturated heterocycles. The third kappa shape index (κ3) is 2.53. The van der Waals surface area contributed by atoms with Crippen molar-refractivity contribution in [2.24, 2.45) is 11.7 Å². The number of aromatic nitrogens is 2. The second-order valence-electron chi connectivity index (χ2n) is 5.03. The van der Waals surface area contributed by atoms with Crippen molar-refractivity contribution in [1.29, 1.82) is 0 Å². The first-order valence-corrected chi connectivity index (χ1v) is 6.66. The number of hydrogen-bond acceptors (Lipinski definition) is 3. The molecule has 0 bridgehead atoms. The maximum absolute atomic E-state index is 9.19. The minimum absolute atomic E-state index is 0.0186. The van der Waals surface area contributed by atoms with Crippen molar-refractivity contribution in [3.05, 3.63) is 18.2 Å². The van der Waals surface area contributed by atoms with Crippen molar-refractivity contribution >= 4 is 0 Å². The van der Waals surface area contributed by atoms with Crippen LogP contribution in [0, 0.1) is 5.92 Å². The average molecular weight is 237 g/mol. The molecule has 0 spiro atoms. The van der Waals surface area contributed by atoms with E-state index in [-0.39, 0.29) is 12.6 Å². The summed E-state index contributed by atoms with van der Waals surface area (Å²) in [6.45, 7) is 2.24. The van der Waals surface area contributed by atoms with Crippen LogP contribution in [0.15, 0.2) is 12.5 Å². The third-order valence-electron chi connectivity index (χ3n) is 4.02. The maximum Gasteiger partial charge on any atom is 0.0951 e. The molecule has 4 nitrogen and oxygen atoms in total. The average Bonchev–Trinajstić information content (AvgIpc) is 2.86. The highest BCUT2D eigenvalue weighted by Crippen LogP contribution is 2.37. The highest BCUT2D eigenvalue weighted by Gasteiger charge is 2.27. The number of imidazole rings is 1. The van der Waals surface area contributed by atoms with Crippen molar-refractivity contribution in [2.75, 3.05) is 6.61 Å². The number of nitrogens with two attached hydrogens (primary N) is 1. The Labute approximate surface area is 103 Å². The zero-order valence-electron chi connectivity index (χ0n) is 10.5. The van der Waals surface area contributed by atoms with Crippen LogP contribution in [0.4, 0.5) is 0 Å². The number of aliphatic hydroxyl groups excluding tert-OH is 1. The second kappa shape index (κ2) is 5.65. The van der Waals surface area contributed by atoms with E-state index in [4.69, 9.17) is 5.73 Å². The van der Waals surface area contributed by atoms with E-state index in [2.05, 4.69) is 16.5 Å². The zero-order chi connectivity index (χ0) is 12.3. The molecule has 3 unspecified atom stereocenters. The topological polar surface area (TPSA) is 64.1 Å². The number of aliphatic hydroxyl groups is 1. The van der Waals surface area contributed by atoms with Gasteiger partial charge in [-0.3, -0.25) is 0 Å². The van der Waals surface area contributed by atoms with E-state index < -0.39 is 0 Å². The largest absolute Gasteiger partial charge is 0.394 e. The lowest BCUT2D eigenvalue weighted by atomic mass is 9.82. The van der Waals surface area contributed by atoms with Crippen LogP contribution in [0.3, 0.4) is 0 Å². The summed E-state index contributed by atoms with van der Waals surface area (Å²) in [6, 6.07) is 0.209. The highest BCUT2D eigenvalue weighted by molar-refractivity contribution is 5.07. The normalized spacial score (nSPS) is 27.0. The Balaban J connectivity index is 2.22. The molecule has 0 aromatic carbocycles. The first kappa shape index (κ1) is 12.6. The van der Waals surface area contributed by atoms with E-state index in [1.807, 2.05) is 6.33 Å². The number of rotatable bonds is 4. The number of nitrogens with zero attached hydrogens (tertiary/aromatic N) is 2. The molecule has 1 aliphatic carbocycles. The van der Waals surface area contributed by atoms with Gasteiger partial charge in [0.05, 0.1) is 24.7 Å². The van der Waals surface area contributed by atoms with Gasteiger partial charge in [0.1, 0.15) is 0 Å². The molecule has 1 aliphatic rings. The molecule has 17 heavy (non-hydrogen) atoms. The lowest BCUT2D eigenvalue weighted by Crippen LogP contribution is -2.27. The van der Waals surface area contributed by atoms with Crippen LogP contribution in [0.5, 0.6) is 0 Å². The van der Waals surface area contributed by atoms with Crippen LogP contribution in [-0.4, -0.2) is 21.3 Å². The molecule has 4 heteroatoms. The Bertz CT molecular complexity index is 350. The van der Waals surface area contributed by atoms with Crippen molar-refractivity contribution in [2.45, 2.75) is 51.1 Å². The lowest BCUT2D eigenvalue weighted by molar-refractivity contribution is 0.216. The Morgan fingerprint density at radius 1 is 1.53 bits per heavy atom. The molecule has 0 radical (unpaired) electrons. The van der Waals surface area contributed by atoms with E-state index in [9.17, 15) is 5.11 Å². The fourth-order valence-electron chi connectivity index (χ4n) is 3.00. The zero-order valence-corrected chi connectivity index (χ0v) is 10.5. The quantitative estimate of drug-likeness (QED) is 0.842. The summed E-state index contributed by atoms with van der Waals surface area (Å²) in [5.74, 6) is 0.725. The molecule has 1 saturated carbocycles. The second-order valence-corrected chi connectivity index (χ2v) is 5.03. The van der Waals surface area contributed by atoms with Gasteiger partial charge in [-0.05, 0) is 18.8 Å². The van der Waals surface area contributed by atoms with Crippen LogP contribution < -0.4 is 5.73 Å². The number of hydrogen-bond donors (Lipinski definition) is 2. The molecule has 1 aromatic rings. The summed E-state index contributed by atoms with van der Waals surface area (Å²) in [5, 5.41) is 9.19. The maximum atomic E-state index is 9.19. The molecule has 1 aromatic heterocycles. The first-order chi connectivity index (χ1) is 8.27. The van der Waals surface area contributed by atoms with Gasteiger partial charge in [0.2, 0.25) is 0 Å². The van der Waals surface area contributed by atoms with Gasteiger partial charge in [-0.15, -0.1) is 0 Å². The molecule has 1 heterocycles. The van der Waals surface area contributed by atoms with Crippen LogP contribution in [0.2, 0.25) is 0 Å². The van der Waals surface area contributed by atoms with Crippen LogP contribution in [0.25, 0.3) is 0 Å². The van der Waals surface area contributed by atoms with Crippen molar-refractivity contribution in [1.82, 2.24) is 9.55 Å². The summed E-state index contributed by atoms with van der Waals surface area (Å²) < 4.78 is 2.20. The van der Waals surface area contributed by atoms with Gasteiger partial charge in [-0.1, -0.05) is 26.2 Å². The van der Waals surface area contributed by atoms with Gasteiger partial charge in [-0.25, -0.2) is 4.98 Å². The van der Waals surface area contributed by atoms with Crippen LogP contribution in [0.1, 0.15) is 56.8 Å². The van der Waals surface area contributed by atoms with E-state index in [1.54, 1.807) is 6.20 Å². The molecule has 0 amide bonds. The van der Waals surface area contributed by atoms with E-state index in [1.165, 1.54) is 32.1 Å². The summed E-state index contributed by atoms with van der Waals surface area (Å²) in [7, 11) is 0. The minimum Gasteiger partial charge on any atom is -0.394 e. The van der Waals surface area contributed by atoms with Crippen LogP contribution >= 0.6 is 0 Å². The summed E-state index contributed by atoms with van der Waals surface area (Å²) in [5.41, 5.74) is 6.89. The fraction of sp³-hybridized carbons (Fsp3) is 0.769. The summed E-state index contributed by atoms with van der Waals surface area (Å²) in [4.78, 5) is 4.21. The molecule has 3 atom stereocenters. The van der Waals surface area contributed by atoms with E-state index in [0.29, 0.717) is 6.04 Å². The van der Waals surface area contributed by atoms with Gasteiger partial charge in [-0.2, -0.15) is 0 Å². The third-order valence-corrected chi connectivity index (χ3v) is 4.02. The van der Waals surface area contributed by atoms with Gasteiger partial charge in [0, 0.05) is 12.2 Å². The monoisotopic (exact) mass is 237 g/mol. The highest BCUT2D eigenvalue weighted by atomic mass is 16.3. The molecular formula is C13H23N3O. The Morgan fingerprint density at radius 2 is 2.29 bits per heavy atom. The van der Waals surface area contributed by atoms with Gasteiger partial charge in [0.15, 0.2) is 0 Å². The molecule has 1 fully saturated rings. The van der Waals surface area contributed by atoms with Crippen molar-refractivity contribution in [3.63, 3.8) is 0 Å². The molecule has 96 valence electrons. The van der Waals surface area contributed by atoms with Gasteiger partial charge >= 0.3 is 0 Å². The molecule has 3 N–H and O–H groups in total. The van der Waals surface area contributed by atoms with Crippen LogP contribution in [-0.2, 0) is 0 Å². The fourth-order valence-corrected chi connectivity index (χ4v) is 3.00. The lowest BCUT2D eigenvalue weighted by Gasteiger charge is -2.33. The molecule has 2 rings (SSSR count). The predicted molar refractivity (Wildman–Crippen MR) is 67.5 cm³/mol. The van der Waals surface area contributed by atoms with Gasteiger partial charge < -0.3 is 15.4 Å². The Hall–Kier alpha value is -0.870. The SMILES string of the molecule is CCC1CCCCC1n1cncc1C(N)CO. The summed E-state index contributed by atoms with van der Waals surface area (Å²) in [6.07, 6.45) is 10.0. The van der Waals surface area contributed by atoms with E-state index in [0.717, 1.165) is 11.6 Å². The smallest absolute Gasteiger partial charge is 0.0951 e. The molecular weight excluding hydrogens is 214 g/mol. The van der Waals surface area contributed by atoms with Gasteiger partial charge in [0.25, 0.3) is 0 Å². The Morgan fingerprint density at radius 3 is 3.00 bits per heavy atom. The Kier molecular flexibility index (Phi) is 4.18. The summed E-state index contributed by atoms with van der Waals surface area (Å²) >= 11 is 0. The predicted octanol–water partition coefficient (Wildman–Crippen LogP) is 2.02. The minimum atomic E-state index is -0.308.